The van der Waals surface area contributed by atoms with Crippen molar-refractivity contribution in [2.75, 3.05) is 0 Å². The second-order valence-corrected chi connectivity index (χ2v) is 6.10. The minimum absolute atomic E-state index is 0.0101. The molecule has 0 amide bonds. The molecule has 0 fully saturated rings. The first-order chi connectivity index (χ1) is 13.3. The summed E-state index contributed by atoms with van der Waals surface area (Å²) in [5.74, 6) is -0.542. The average molecular weight is 354 g/mol. The minimum atomic E-state index is -0.542. The topological polar surface area (TPSA) is 54.5 Å². The zero-order valence-electron chi connectivity index (χ0n) is 14.4. The summed E-state index contributed by atoms with van der Waals surface area (Å²) in [5.41, 5.74) is 4.15. The number of rotatable bonds is 4. The summed E-state index contributed by atoms with van der Waals surface area (Å²) in [5, 5.41) is 17.8. The van der Waals surface area contributed by atoms with E-state index < -0.39 is 5.82 Å². The zero-order valence-corrected chi connectivity index (χ0v) is 14.4. The fourth-order valence-corrected chi connectivity index (χ4v) is 3.01. The number of hydrogen-bond acceptors (Lipinski definition) is 3. The first kappa shape index (κ1) is 16.7. The Labute approximate surface area is 156 Å². The van der Waals surface area contributed by atoms with Crippen molar-refractivity contribution in [2.24, 2.45) is 0 Å². The van der Waals surface area contributed by atoms with Gasteiger partial charge in [-0.2, -0.15) is 5.26 Å². The number of halogens is 1. The van der Waals surface area contributed by atoms with Crippen LogP contribution in [0.3, 0.4) is 0 Å². The van der Waals surface area contributed by atoms with Crippen LogP contribution in [0.25, 0.3) is 22.5 Å². The average Bonchev–Trinajstić information content (AvgIpc) is 3.13. The molecule has 0 N–H and O–H groups in total. The normalized spacial score (nSPS) is 10.5. The van der Waals surface area contributed by atoms with Gasteiger partial charge in [0, 0.05) is 11.1 Å². The van der Waals surface area contributed by atoms with Gasteiger partial charge in [-0.1, -0.05) is 65.9 Å². The summed E-state index contributed by atoms with van der Waals surface area (Å²) in [6.45, 7) is 0.560. The van der Waals surface area contributed by atoms with Crippen LogP contribution in [0, 0.1) is 17.1 Å². The highest BCUT2D eigenvalue weighted by Crippen LogP contribution is 2.31. The molecule has 4 nitrogen and oxygen atoms in total. The van der Waals surface area contributed by atoms with Crippen LogP contribution < -0.4 is 0 Å². The Hall–Kier alpha value is -3.78. The molecule has 4 aromatic rings. The Kier molecular flexibility index (Phi) is 4.46. The molecule has 0 saturated carbocycles. The van der Waals surface area contributed by atoms with Gasteiger partial charge in [0.05, 0.1) is 17.8 Å². The van der Waals surface area contributed by atoms with Gasteiger partial charge in [-0.25, -0.2) is 9.07 Å². The van der Waals surface area contributed by atoms with Crippen LogP contribution >= 0.6 is 0 Å². The molecule has 0 saturated heterocycles. The van der Waals surface area contributed by atoms with Crippen LogP contribution in [-0.4, -0.2) is 15.0 Å². The molecule has 130 valence electrons. The maximum atomic E-state index is 13.7. The van der Waals surface area contributed by atoms with Gasteiger partial charge in [0.15, 0.2) is 0 Å². The van der Waals surface area contributed by atoms with E-state index in [1.165, 1.54) is 12.1 Å². The van der Waals surface area contributed by atoms with Gasteiger partial charge in [0.2, 0.25) is 0 Å². The number of aromatic nitrogens is 3. The van der Waals surface area contributed by atoms with Crippen molar-refractivity contribution in [3.63, 3.8) is 0 Å². The number of hydrogen-bond donors (Lipinski definition) is 0. The SMILES string of the molecule is N#Cc1cc(-c2nnn(Cc3ccccc3)c2-c2ccccc2)ccc1F. The predicted molar refractivity (Wildman–Crippen MR) is 101 cm³/mol. The molecule has 0 atom stereocenters. The Morgan fingerprint density at radius 3 is 2.30 bits per heavy atom. The van der Waals surface area contributed by atoms with Crippen molar-refractivity contribution >= 4 is 0 Å². The summed E-state index contributed by atoms with van der Waals surface area (Å²) in [6.07, 6.45) is 0. The van der Waals surface area contributed by atoms with Crippen molar-refractivity contribution in [1.82, 2.24) is 15.0 Å². The van der Waals surface area contributed by atoms with Gasteiger partial charge in [0.1, 0.15) is 17.6 Å². The van der Waals surface area contributed by atoms with E-state index in [0.29, 0.717) is 17.8 Å². The third-order valence-electron chi connectivity index (χ3n) is 4.32. The maximum Gasteiger partial charge on any atom is 0.140 e. The van der Waals surface area contributed by atoms with E-state index in [1.807, 2.05) is 71.4 Å². The van der Waals surface area contributed by atoms with Gasteiger partial charge in [-0.05, 0) is 23.8 Å². The molecule has 5 heteroatoms. The molecule has 4 rings (SSSR count). The summed E-state index contributed by atoms with van der Waals surface area (Å²) in [4.78, 5) is 0. The lowest BCUT2D eigenvalue weighted by atomic mass is 10.0. The van der Waals surface area contributed by atoms with E-state index in [-0.39, 0.29) is 5.56 Å². The largest absolute Gasteiger partial charge is 0.240 e. The number of benzene rings is 3. The Morgan fingerprint density at radius 1 is 0.889 bits per heavy atom. The van der Waals surface area contributed by atoms with Gasteiger partial charge in [-0.3, -0.25) is 0 Å². The van der Waals surface area contributed by atoms with Gasteiger partial charge >= 0.3 is 0 Å². The first-order valence-electron chi connectivity index (χ1n) is 8.49. The second-order valence-electron chi connectivity index (χ2n) is 6.10. The van der Waals surface area contributed by atoms with Crippen LogP contribution in [0.2, 0.25) is 0 Å². The van der Waals surface area contributed by atoms with E-state index in [2.05, 4.69) is 10.3 Å². The molecule has 0 radical (unpaired) electrons. The Bertz CT molecular complexity index is 1110. The van der Waals surface area contributed by atoms with Crippen molar-refractivity contribution in [3.8, 4) is 28.6 Å². The molecule has 0 aliphatic heterocycles. The lowest BCUT2D eigenvalue weighted by Gasteiger charge is -2.09. The standard InChI is InChI=1S/C22H15FN4/c23-20-12-11-18(13-19(20)14-24)21-22(17-9-5-2-6-10-17)27(26-25-21)15-16-7-3-1-4-8-16/h1-13H,15H2. The maximum absolute atomic E-state index is 13.7. The minimum Gasteiger partial charge on any atom is -0.240 e. The van der Waals surface area contributed by atoms with Crippen molar-refractivity contribution in [3.05, 3.63) is 95.8 Å². The summed E-state index contributed by atoms with van der Waals surface area (Å²) < 4.78 is 15.6. The van der Waals surface area contributed by atoms with Crippen LogP contribution in [-0.2, 0) is 6.54 Å². The number of nitriles is 1. The molecule has 1 aromatic heterocycles. The van der Waals surface area contributed by atoms with E-state index in [4.69, 9.17) is 5.26 Å². The van der Waals surface area contributed by atoms with E-state index in [0.717, 1.165) is 16.8 Å². The third-order valence-corrected chi connectivity index (χ3v) is 4.32. The molecule has 3 aromatic carbocycles. The van der Waals surface area contributed by atoms with Gasteiger partial charge < -0.3 is 0 Å². The highest BCUT2D eigenvalue weighted by Gasteiger charge is 2.18. The lowest BCUT2D eigenvalue weighted by molar-refractivity contribution is 0.624. The van der Waals surface area contributed by atoms with Crippen molar-refractivity contribution in [2.45, 2.75) is 6.54 Å². The fourth-order valence-electron chi connectivity index (χ4n) is 3.01. The van der Waals surface area contributed by atoms with Crippen LogP contribution in [0.1, 0.15) is 11.1 Å². The number of nitrogens with zero attached hydrogens (tertiary/aromatic N) is 4. The predicted octanol–water partition coefficient (Wildman–Crippen LogP) is 4.67. The van der Waals surface area contributed by atoms with E-state index in [9.17, 15) is 4.39 Å². The van der Waals surface area contributed by atoms with E-state index in [1.54, 1.807) is 6.07 Å². The quantitative estimate of drug-likeness (QED) is 0.535. The molecular formula is C22H15FN4. The zero-order chi connectivity index (χ0) is 18.6. The molecular weight excluding hydrogens is 339 g/mol. The summed E-state index contributed by atoms with van der Waals surface area (Å²) in [7, 11) is 0. The molecule has 0 aliphatic carbocycles. The first-order valence-corrected chi connectivity index (χ1v) is 8.49. The monoisotopic (exact) mass is 354 g/mol. The molecule has 0 bridgehead atoms. The van der Waals surface area contributed by atoms with Crippen molar-refractivity contribution in [1.29, 1.82) is 5.26 Å². The van der Waals surface area contributed by atoms with E-state index >= 15 is 0 Å². The van der Waals surface area contributed by atoms with Crippen LogP contribution in [0.5, 0.6) is 0 Å². The third kappa shape index (κ3) is 3.33. The Balaban J connectivity index is 1.87. The van der Waals surface area contributed by atoms with Gasteiger partial charge in [-0.15, -0.1) is 5.10 Å². The second kappa shape index (κ2) is 7.22. The molecule has 0 spiro atoms. The lowest BCUT2D eigenvalue weighted by Crippen LogP contribution is -2.04. The highest BCUT2D eigenvalue weighted by atomic mass is 19.1. The smallest absolute Gasteiger partial charge is 0.140 e. The van der Waals surface area contributed by atoms with Gasteiger partial charge in [0.25, 0.3) is 0 Å². The highest BCUT2D eigenvalue weighted by molar-refractivity contribution is 5.78. The Morgan fingerprint density at radius 2 is 1.59 bits per heavy atom. The molecule has 0 aliphatic rings. The van der Waals surface area contributed by atoms with Crippen LogP contribution in [0.15, 0.2) is 78.9 Å². The molecule has 0 unspecified atom stereocenters. The molecule has 27 heavy (non-hydrogen) atoms. The summed E-state index contributed by atoms with van der Waals surface area (Å²) in [6, 6.07) is 26.1. The molecule has 1 heterocycles. The van der Waals surface area contributed by atoms with Crippen molar-refractivity contribution < 1.29 is 4.39 Å². The fraction of sp³-hybridized carbons (Fsp3) is 0.0455. The summed E-state index contributed by atoms with van der Waals surface area (Å²) >= 11 is 0. The van der Waals surface area contributed by atoms with Crippen LogP contribution in [0.4, 0.5) is 4.39 Å².